The van der Waals surface area contributed by atoms with Gasteiger partial charge in [0.2, 0.25) is 0 Å². The van der Waals surface area contributed by atoms with Crippen LogP contribution in [0.2, 0.25) is 0 Å². The second kappa shape index (κ2) is 4.48. The third-order valence-electron chi connectivity index (χ3n) is 2.53. The highest BCUT2D eigenvalue weighted by Crippen LogP contribution is 2.31. The van der Waals surface area contributed by atoms with Crippen LogP contribution in [0.1, 0.15) is 0 Å². The molecular weight excluding hydrogens is 273 g/mol. The molecule has 0 aliphatic heterocycles. The van der Waals surface area contributed by atoms with Crippen LogP contribution in [0.25, 0.3) is 22.6 Å². The minimum atomic E-state index is -4.77. The molecule has 0 saturated heterocycles. The van der Waals surface area contributed by atoms with Crippen LogP contribution in [0.15, 0.2) is 36.8 Å². The van der Waals surface area contributed by atoms with Crippen molar-refractivity contribution in [3.8, 4) is 17.1 Å². The third-order valence-corrected chi connectivity index (χ3v) is 2.53. The topological polar surface area (TPSA) is 63.7 Å². The molecule has 1 N–H and O–H groups in total. The van der Waals surface area contributed by atoms with E-state index in [0.717, 1.165) is 0 Å². The SMILES string of the molecule is FC(F)(F)Oc1ccccc1-c1ncc2[nH]cnc2n1. The smallest absolute Gasteiger partial charge is 0.405 e. The summed E-state index contributed by atoms with van der Waals surface area (Å²) in [6, 6.07) is 5.68. The Hall–Kier alpha value is -2.64. The van der Waals surface area contributed by atoms with Crippen molar-refractivity contribution < 1.29 is 17.9 Å². The van der Waals surface area contributed by atoms with Crippen molar-refractivity contribution in [3.63, 3.8) is 0 Å². The number of rotatable bonds is 2. The predicted molar refractivity (Wildman–Crippen MR) is 63.8 cm³/mol. The Balaban J connectivity index is 2.08. The van der Waals surface area contributed by atoms with E-state index in [9.17, 15) is 13.2 Å². The molecule has 3 rings (SSSR count). The molecule has 0 radical (unpaired) electrons. The molecule has 0 aliphatic rings. The fourth-order valence-corrected chi connectivity index (χ4v) is 1.73. The van der Waals surface area contributed by atoms with Crippen molar-refractivity contribution >= 4 is 11.2 Å². The number of hydrogen-bond donors (Lipinski definition) is 1. The van der Waals surface area contributed by atoms with Gasteiger partial charge in [0.1, 0.15) is 11.3 Å². The number of H-pyrrole nitrogens is 1. The van der Waals surface area contributed by atoms with E-state index < -0.39 is 6.36 Å². The van der Waals surface area contributed by atoms with Crippen molar-refractivity contribution in [2.45, 2.75) is 6.36 Å². The predicted octanol–water partition coefficient (Wildman–Crippen LogP) is 2.92. The second-order valence-corrected chi connectivity index (χ2v) is 3.88. The molecule has 0 amide bonds. The molecule has 102 valence electrons. The zero-order chi connectivity index (χ0) is 14.2. The number of hydrogen-bond acceptors (Lipinski definition) is 4. The summed E-state index contributed by atoms with van der Waals surface area (Å²) in [5, 5.41) is 0. The van der Waals surface area contributed by atoms with Gasteiger partial charge in [-0.1, -0.05) is 12.1 Å². The van der Waals surface area contributed by atoms with Gasteiger partial charge in [0, 0.05) is 0 Å². The Morgan fingerprint density at radius 2 is 1.90 bits per heavy atom. The summed E-state index contributed by atoms with van der Waals surface area (Å²) in [5.41, 5.74) is 1.12. The number of aromatic nitrogens is 4. The molecule has 0 unspecified atom stereocenters. The maximum Gasteiger partial charge on any atom is 0.573 e. The molecule has 0 atom stereocenters. The minimum Gasteiger partial charge on any atom is -0.405 e. The average Bonchev–Trinajstić information content (AvgIpc) is 2.84. The fourth-order valence-electron chi connectivity index (χ4n) is 1.73. The van der Waals surface area contributed by atoms with Crippen LogP contribution < -0.4 is 4.74 Å². The summed E-state index contributed by atoms with van der Waals surface area (Å²) in [4.78, 5) is 14.8. The number of benzene rings is 1. The van der Waals surface area contributed by atoms with Crippen LogP contribution in [-0.2, 0) is 0 Å². The number of aromatic amines is 1. The van der Waals surface area contributed by atoms with Crippen molar-refractivity contribution in [1.82, 2.24) is 19.9 Å². The van der Waals surface area contributed by atoms with E-state index >= 15 is 0 Å². The quantitative estimate of drug-likeness (QED) is 0.784. The molecule has 2 aromatic heterocycles. The van der Waals surface area contributed by atoms with Crippen molar-refractivity contribution in [1.29, 1.82) is 0 Å². The molecule has 20 heavy (non-hydrogen) atoms. The van der Waals surface area contributed by atoms with E-state index in [4.69, 9.17) is 0 Å². The van der Waals surface area contributed by atoms with Crippen molar-refractivity contribution in [2.24, 2.45) is 0 Å². The first-order chi connectivity index (χ1) is 9.53. The average molecular weight is 280 g/mol. The highest BCUT2D eigenvalue weighted by Gasteiger charge is 2.32. The highest BCUT2D eigenvalue weighted by molar-refractivity contribution is 5.73. The molecule has 8 heteroatoms. The lowest BCUT2D eigenvalue weighted by atomic mass is 10.2. The summed E-state index contributed by atoms with van der Waals surface area (Å²) in [6.45, 7) is 0. The minimum absolute atomic E-state index is 0.115. The van der Waals surface area contributed by atoms with Crippen LogP contribution >= 0.6 is 0 Å². The maximum absolute atomic E-state index is 12.4. The monoisotopic (exact) mass is 280 g/mol. The molecule has 0 bridgehead atoms. The molecule has 0 fully saturated rings. The van der Waals surface area contributed by atoms with Gasteiger partial charge in [-0.15, -0.1) is 13.2 Å². The van der Waals surface area contributed by atoms with Crippen LogP contribution in [-0.4, -0.2) is 26.3 Å². The largest absolute Gasteiger partial charge is 0.573 e. The van der Waals surface area contributed by atoms with Crippen molar-refractivity contribution in [3.05, 3.63) is 36.8 Å². The maximum atomic E-state index is 12.4. The van der Waals surface area contributed by atoms with E-state index in [0.29, 0.717) is 11.2 Å². The van der Waals surface area contributed by atoms with Gasteiger partial charge in [0.05, 0.1) is 18.1 Å². The molecule has 0 saturated carbocycles. The molecular formula is C12H7F3N4O. The van der Waals surface area contributed by atoms with Crippen LogP contribution in [0.4, 0.5) is 13.2 Å². The van der Waals surface area contributed by atoms with Gasteiger partial charge in [0.25, 0.3) is 0 Å². The summed E-state index contributed by atoms with van der Waals surface area (Å²) < 4.78 is 41.1. The normalized spacial score (nSPS) is 11.8. The number of alkyl halides is 3. The lowest BCUT2D eigenvalue weighted by molar-refractivity contribution is -0.274. The van der Waals surface area contributed by atoms with E-state index in [1.54, 1.807) is 6.07 Å². The summed E-state index contributed by atoms with van der Waals surface area (Å²) in [7, 11) is 0. The first-order valence-corrected chi connectivity index (χ1v) is 5.54. The summed E-state index contributed by atoms with van der Waals surface area (Å²) in [6.07, 6.45) is -1.89. The molecule has 0 aliphatic carbocycles. The zero-order valence-corrected chi connectivity index (χ0v) is 9.85. The Morgan fingerprint density at radius 3 is 2.70 bits per heavy atom. The number of nitrogens with one attached hydrogen (secondary N) is 1. The number of nitrogens with zero attached hydrogens (tertiary/aromatic N) is 3. The Kier molecular flexibility index (Phi) is 2.78. The first-order valence-electron chi connectivity index (χ1n) is 5.54. The van der Waals surface area contributed by atoms with Crippen molar-refractivity contribution in [2.75, 3.05) is 0 Å². The van der Waals surface area contributed by atoms with Crippen LogP contribution in [0.5, 0.6) is 5.75 Å². The third kappa shape index (κ3) is 2.40. The van der Waals surface area contributed by atoms with Gasteiger partial charge in [-0.25, -0.2) is 15.0 Å². The number of ether oxygens (including phenoxy) is 1. The van der Waals surface area contributed by atoms with E-state index in [1.807, 2.05) is 0 Å². The Morgan fingerprint density at radius 1 is 1.10 bits per heavy atom. The van der Waals surface area contributed by atoms with Gasteiger partial charge < -0.3 is 9.72 Å². The molecule has 0 spiro atoms. The van der Waals surface area contributed by atoms with Gasteiger partial charge in [0.15, 0.2) is 11.5 Å². The Bertz CT molecular complexity index is 754. The molecule has 5 nitrogen and oxygen atoms in total. The van der Waals surface area contributed by atoms with Crippen LogP contribution in [0.3, 0.4) is 0 Å². The van der Waals surface area contributed by atoms with E-state index in [2.05, 4.69) is 24.7 Å². The zero-order valence-electron chi connectivity index (χ0n) is 9.85. The number of para-hydroxylation sites is 1. The van der Waals surface area contributed by atoms with E-state index in [-0.39, 0.29) is 17.1 Å². The molecule has 3 aromatic rings. The van der Waals surface area contributed by atoms with E-state index in [1.165, 1.54) is 30.7 Å². The van der Waals surface area contributed by atoms with Gasteiger partial charge in [-0.05, 0) is 12.1 Å². The lowest BCUT2D eigenvalue weighted by Crippen LogP contribution is -2.17. The summed E-state index contributed by atoms with van der Waals surface area (Å²) >= 11 is 0. The van der Waals surface area contributed by atoms with Gasteiger partial charge >= 0.3 is 6.36 Å². The number of imidazole rings is 1. The standard InChI is InChI=1S/C12H7F3N4O/c13-12(14,15)20-9-4-2-1-3-7(9)10-16-5-8-11(19-10)18-6-17-8/h1-6H,(H,16,17,18,19). The Labute approximate surface area is 110 Å². The van der Waals surface area contributed by atoms with Crippen LogP contribution in [0, 0.1) is 0 Å². The highest BCUT2D eigenvalue weighted by atomic mass is 19.4. The first kappa shape index (κ1) is 12.4. The molecule has 2 heterocycles. The number of fused-ring (bicyclic) bond motifs is 1. The summed E-state index contributed by atoms with van der Waals surface area (Å²) in [5.74, 6) is -0.237. The number of halogens is 3. The van der Waals surface area contributed by atoms with Gasteiger partial charge in [-0.2, -0.15) is 0 Å². The second-order valence-electron chi connectivity index (χ2n) is 3.88. The lowest BCUT2D eigenvalue weighted by Gasteiger charge is -2.12. The van der Waals surface area contributed by atoms with Gasteiger partial charge in [-0.3, -0.25) is 0 Å². The molecule has 1 aromatic carbocycles. The fraction of sp³-hybridized carbons (Fsp3) is 0.0833.